The Labute approximate surface area is 185 Å². The second kappa shape index (κ2) is 8.83. The summed E-state index contributed by atoms with van der Waals surface area (Å²) in [5.41, 5.74) is 4.96. The van der Waals surface area contributed by atoms with Crippen molar-refractivity contribution >= 4 is 11.8 Å². The number of carbonyl (C=O) groups excluding carboxylic acids is 2. The maximum absolute atomic E-state index is 13.7. The number of ether oxygens (including phenoxy) is 1. The summed E-state index contributed by atoms with van der Waals surface area (Å²) in [6.45, 7) is 7.00. The number of aryl methyl sites for hydroxylation is 2. The molecule has 0 unspecified atom stereocenters. The minimum atomic E-state index is -0.445. The van der Waals surface area contributed by atoms with Crippen LogP contribution in [0.25, 0.3) is 0 Å². The van der Waals surface area contributed by atoms with E-state index in [4.69, 9.17) is 4.74 Å². The predicted octanol–water partition coefficient (Wildman–Crippen LogP) is 3.76. The number of hydrogen-bond acceptors (Lipinski definition) is 3. The molecule has 31 heavy (non-hydrogen) atoms. The summed E-state index contributed by atoms with van der Waals surface area (Å²) in [4.78, 5) is 30.8. The Morgan fingerprint density at radius 2 is 1.77 bits per heavy atom. The summed E-state index contributed by atoms with van der Waals surface area (Å²) in [6, 6.07) is 14.3. The predicted molar refractivity (Wildman–Crippen MR) is 121 cm³/mol. The zero-order chi connectivity index (χ0) is 22.0. The van der Waals surface area contributed by atoms with E-state index < -0.39 is 5.41 Å². The van der Waals surface area contributed by atoms with Crippen molar-refractivity contribution < 1.29 is 14.3 Å². The van der Waals surface area contributed by atoms with Gasteiger partial charge in [-0.05, 0) is 55.9 Å². The van der Waals surface area contributed by atoms with Gasteiger partial charge in [0.1, 0.15) is 0 Å². The summed E-state index contributed by atoms with van der Waals surface area (Å²) in [7, 11) is 1.67. The number of carbonyl (C=O) groups is 2. The third-order valence-corrected chi connectivity index (χ3v) is 6.93. The van der Waals surface area contributed by atoms with Gasteiger partial charge in [0, 0.05) is 38.9 Å². The molecule has 1 spiro atoms. The van der Waals surface area contributed by atoms with Gasteiger partial charge in [0.2, 0.25) is 5.91 Å². The lowest BCUT2D eigenvalue weighted by molar-refractivity contribution is -0.145. The summed E-state index contributed by atoms with van der Waals surface area (Å²) in [6.07, 6.45) is 2.14. The second-order valence-electron chi connectivity index (χ2n) is 9.06. The Hall–Kier alpha value is -2.66. The smallest absolute Gasteiger partial charge is 0.254 e. The molecule has 0 N–H and O–H groups in total. The van der Waals surface area contributed by atoms with Crippen LogP contribution >= 0.6 is 0 Å². The largest absolute Gasteiger partial charge is 0.383 e. The average molecular weight is 421 g/mol. The van der Waals surface area contributed by atoms with E-state index in [1.807, 2.05) is 41.8 Å². The minimum absolute atomic E-state index is 0.0741. The number of amides is 2. The number of hydrogen-bond donors (Lipinski definition) is 0. The number of likely N-dealkylation sites (tertiary alicyclic amines) is 1. The lowest BCUT2D eigenvalue weighted by atomic mass is 9.72. The Kier molecular flexibility index (Phi) is 6.15. The van der Waals surface area contributed by atoms with Crippen molar-refractivity contribution in [2.75, 3.05) is 33.4 Å². The van der Waals surface area contributed by atoms with Crippen LogP contribution in [0.4, 0.5) is 0 Å². The van der Waals surface area contributed by atoms with Crippen molar-refractivity contribution in [1.82, 2.24) is 9.80 Å². The molecular weight excluding hydrogens is 388 g/mol. The molecule has 2 aliphatic rings. The Bertz CT molecular complexity index is 976. The van der Waals surface area contributed by atoms with Crippen LogP contribution in [-0.2, 0) is 22.5 Å². The quantitative estimate of drug-likeness (QED) is 0.757. The van der Waals surface area contributed by atoms with Gasteiger partial charge in [-0.3, -0.25) is 9.59 Å². The summed E-state index contributed by atoms with van der Waals surface area (Å²) in [5.74, 6) is 0.282. The molecule has 2 heterocycles. The van der Waals surface area contributed by atoms with Crippen LogP contribution in [-0.4, -0.2) is 55.0 Å². The van der Waals surface area contributed by atoms with Gasteiger partial charge in [-0.25, -0.2) is 0 Å². The number of piperidine rings is 1. The second-order valence-corrected chi connectivity index (χ2v) is 9.06. The molecule has 0 saturated carbocycles. The third-order valence-electron chi connectivity index (χ3n) is 6.93. The van der Waals surface area contributed by atoms with Crippen LogP contribution in [0.5, 0.6) is 0 Å². The summed E-state index contributed by atoms with van der Waals surface area (Å²) < 4.78 is 5.27. The lowest BCUT2D eigenvalue weighted by Gasteiger charge is -2.42. The molecule has 0 aliphatic carbocycles. The highest BCUT2D eigenvalue weighted by atomic mass is 16.5. The Morgan fingerprint density at radius 1 is 1.06 bits per heavy atom. The molecule has 2 aromatic rings. The van der Waals surface area contributed by atoms with E-state index in [1.54, 1.807) is 7.11 Å². The number of rotatable bonds is 4. The van der Waals surface area contributed by atoms with Gasteiger partial charge in [-0.2, -0.15) is 0 Å². The normalized spacial score (nSPS) is 18.1. The summed E-state index contributed by atoms with van der Waals surface area (Å²) in [5, 5.41) is 0. The Morgan fingerprint density at radius 3 is 2.45 bits per heavy atom. The van der Waals surface area contributed by atoms with Crippen molar-refractivity contribution in [2.24, 2.45) is 5.41 Å². The highest BCUT2D eigenvalue weighted by Crippen LogP contribution is 2.41. The molecule has 0 aromatic heterocycles. The minimum Gasteiger partial charge on any atom is -0.383 e. The molecule has 4 rings (SSSR count). The maximum Gasteiger partial charge on any atom is 0.254 e. The van der Waals surface area contributed by atoms with Gasteiger partial charge in [0.15, 0.2) is 0 Å². The van der Waals surface area contributed by atoms with Crippen molar-refractivity contribution in [2.45, 2.75) is 39.7 Å². The van der Waals surface area contributed by atoms with Gasteiger partial charge >= 0.3 is 0 Å². The van der Waals surface area contributed by atoms with Crippen LogP contribution in [0.3, 0.4) is 0 Å². The van der Waals surface area contributed by atoms with Crippen molar-refractivity contribution in [3.05, 3.63) is 70.3 Å². The first kappa shape index (κ1) is 21.6. The van der Waals surface area contributed by atoms with Gasteiger partial charge < -0.3 is 14.5 Å². The third kappa shape index (κ3) is 4.24. The SMILES string of the molecule is COCCN1Cc2ccccc2CC2(CCN(C(=O)c3ccc(C)cc3C)CC2)C1=O. The van der Waals surface area contributed by atoms with E-state index in [0.717, 1.165) is 23.1 Å². The van der Waals surface area contributed by atoms with Gasteiger partial charge in [-0.15, -0.1) is 0 Å². The lowest BCUT2D eigenvalue weighted by Crippen LogP contribution is -2.51. The maximum atomic E-state index is 13.7. The molecule has 2 aromatic carbocycles. The highest BCUT2D eigenvalue weighted by molar-refractivity contribution is 5.96. The van der Waals surface area contributed by atoms with Crippen LogP contribution in [0.2, 0.25) is 0 Å². The molecule has 5 heteroatoms. The first-order chi connectivity index (χ1) is 14.9. The van der Waals surface area contributed by atoms with E-state index in [2.05, 4.69) is 24.3 Å². The molecular formula is C26H32N2O3. The van der Waals surface area contributed by atoms with Crippen LogP contribution in [0.15, 0.2) is 42.5 Å². The number of nitrogens with zero attached hydrogens (tertiary/aromatic N) is 2. The standard InChI is InChI=1S/C26H32N2O3/c1-19-8-9-23(20(2)16-19)24(29)27-12-10-26(11-13-27)17-21-6-4-5-7-22(21)18-28(25(26)30)14-15-31-3/h4-9,16H,10-15,17-18H2,1-3H3. The molecule has 1 saturated heterocycles. The van der Waals surface area contributed by atoms with Crippen LogP contribution in [0.1, 0.15) is 45.5 Å². The topological polar surface area (TPSA) is 49.9 Å². The molecule has 1 fully saturated rings. The van der Waals surface area contributed by atoms with Gasteiger partial charge in [0.25, 0.3) is 5.91 Å². The monoisotopic (exact) mass is 420 g/mol. The van der Waals surface area contributed by atoms with Crippen molar-refractivity contribution in [3.8, 4) is 0 Å². The van der Waals surface area contributed by atoms with E-state index in [-0.39, 0.29) is 11.8 Å². The van der Waals surface area contributed by atoms with Crippen molar-refractivity contribution in [3.63, 3.8) is 0 Å². The van der Waals surface area contributed by atoms with Crippen LogP contribution < -0.4 is 0 Å². The zero-order valence-corrected chi connectivity index (χ0v) is 18.8. The molecule has 5 nitrogen and oxygen atoms in total. The van der Waals surface area contributed by atoms with E-state index >= 15 is 0 Å². The fraction of sp³-hybridized carbons (Fsp3) is 0.462. The van der Waals surface area contributed by atoms with E-state index in [1.165, 1.54) is 11.1 Å². The highest BCUT2D eigenvalue weighted by Gasteiger charge is 2.46. The zero-order valence-electron chi connectivity index (χ0n) is 18.8. The fourth-order valence-corrected chi connectivity index (χ4v) is 5.07. The van der Waals surface area contributed by atoms with Gasteiger partial charge in [-0.1, -0.05) is 42.0 Å². The molecule has 0 bridgehead atoms. The first-order valence-electron chi connectivity index (χ1n) is 11.2. The first-order valence-corrected chi connectivity index (χ1v) is 11.2. The van der Waals surface area contributed by atoms with E-state index in [0.29, 0.717) is 45.6 Å². The molecule has 2 aliphatic heterocycles. The van der Waals surface area contributed by atoms with Gasteiger partial charge in [0.05, 0.1) is 12.0 Å². The Balaban J connectivity index is 1.56. The molecule has 0 radical (unpaired) electrons. The average Bonchev–Trinajstić information content (AvgIpc) is 2.87. The molecule has 2 amide bonds. The number of fused-ring (bicyclic) bond motifs is 1. The van der Waals surface area contributed by atoms with Crippen LogP contribution in [0, 0.1) is 19.3 Å². The number of benzene rings is 2. The number of methoxy groups -OCH3 is 1. The van der Waals surface area contributed by atoms with Crippen molar-refractivity contribution in [1.29, 1.82) is 0 Å². The van der Waals surface area contributed by atoms with E-state index in [9.17, 15) is 9.59 Å². The molecule has 0 atom stereocenters. The molecule has 164 valence electrons. The fourth-order valence-electron chi connectivity index (χ4n) is 5.07. The summed E-state index contributed by atoms with van der Waals surface area (Å²) >= 11 is 0.